The summed E-state index contributed by atoms with van der Waals surface area (Å²) < 4.78 is 2.29. The van der Waals surface area contributed by atoms with E-state index in [0.29, 0.717) is 17.8 Å². The lowest BCUT2D eigenvalue weighted by molar-refractivity contribution is 0.492. The molecule has 1 fully saturated rings. The molecule has 102 valence electrons. The van der Waals surface area contributed by atoms with Gasteiger partial charge in [-0.3, -0.25) is 0 Å². The Labute approximate surface area is 111 Å². The van der Waals surface area contributed by atoms with Gasteiger partial charge in [0.1, 0.15) is 11.6 Å². The summed E-state index contributed by atoms with van der Waals surface area (Å²) >= 11 is 0. The zero-order valence-corrected chi connectivity index (χ0v) is 12.2. The smallest absolute Gasteiger partial charge is 0.127 e. The highest BCUT2D eigenvalue weighted by Crippen LogP contribution is 2.36. The van der Waals surface area contributed by atoms with E-state index in [1.807, 2.05) is 0 Å². The molecule has 3 heteroatoms. The fraction of sp³-hybridized carbons (Fsp3) is 0.800. The maximum absolute atomic E-state index is 6.32. The molecule has 2 N–H and O–H groups in total. The molecule has 1 aromatic heterocycles. The fourth-order valence-corrected chi connectivity index (χ4v) is 2.98. The second-order valence-electron chi connectivity index (χ2n) is 6.38. The van der Waals surface area contributed by atoms with Gasteiger partial charge in [-0.25, -0.2) is 4.98 Å². The summed E-state index contributed by atoms with van der Waals surface area (Å²) in [7, 11) is 0. The molecular weight excluding hydrogens is 222 g/mol. The minimum absolute atomic E-state index is 0.415. The second-order valence-corrected chi connectivity index (χ2v) is 6.38. The van der Waals surface area contributed by atoms with Crippen molar-refractivity contribution in [2.45, 2.75) is 71.8 Å². The first-order valence-electron chi connectivity index (χ1n) is 7.36. The molecule has 0 amide bonds. The second kappa shape index (κ2) is 5.33. The van der Waals surface area contributed by atoms with Crippen LogP contribution in [0.3, 0.4) is 0 Å². The summed E-state index contributed by atoms with van der Waals surface area (Å²) in [5.41, 5.74) is 7.42. The molecule has 1 aromatic rings. The average molecular weight is 249 g/mol. The molecule has 1 saturated carbocycles. The Morgan fingerprint density at radius 3 is 2.33 bits per heavy atom. The molecular formula is C15H27N3. The summed E-state index contributed by atoms with van der Waals surface area (Å²) in [5, 5.41) is 0. The number of imidazole rings is 1. The summed E-state index contributed by atoms with van der Waals surface area (Å²) in [4.78, 5) is 4.88. The Bertz CT molecular complexity index is 398. The van der Waals surface area contributed by atoms with Gasteiger partial charge in [0.15, 0.2) is 0 Å². The number of rotatable bonds is 4. The summed E-state index contributed by atoms with van der Waals surface area (Å²) in [6.45, 7) is 9.84. The lowest BCUT2D eigenvalue weighted by Gasteiger charge is -2.15. The highest BCUT2D eigenvalue weighted by Gasteiger charge is 2.26. The Morgan fingerprint density at radius 1 is 1.22 bits per heavy atom. The van der Waals surface area contributed by atoms with Crippen LogP contribution < -0.4 is 5.73 Å². The van der Waals surface area contributed by atoms with Gasteiger partial charge >= 0.3 is 0 Å². The molecule has 0 radical (unpaired) electrons. The van der Waals surface area contributed by atoms with Crippen molar-refractivity contribution in [3.63, 3.8) is 0 Å². The molecule has 2 rings (SSSR count). The van der Waals surface area contributed by atoms with Crippen LogP contribution in [0.1, 0.15) is 76.7 Å². The van der Waals surface area contributed by atoms with Crippen molar-refractivity contribution in [3.05, 3.63) is 11.5 Å². The van der Waals surface area contributed by atoms with Gasteiger partial charge < -0.3 is 10.3 Å². The zero-order chi connectivity index (χ0) is 13.3. The van der Waals surface area contributed by atoms with Crippen molar-refractivity contribution in [1.82, 2.24) is 9.55 Å². The van der Waals surface area contributed by atoms with E-state index in [1.165, 1.54) is 31.5 Å². The number of aromatic nitrogens is 2. The van der Waals surface area contributed by atoms with Crippen molar-refractivity contribution in [1.29, 1.82) is 0 Å². The van der Waals surface area contributed by atoms with Gasteiger partial charge in [0.05, 0.1) is 5.69 Å². The lowest BCUT2D eigenvalue weighted by Crippen LogP contribution is -2.13. The quantitative estimate of drug-likeness (QED) is 0.879. The maximum atomic E-state index is 6.32. The van der Waals surface area contributed by atoms with Gasteiger partial charge in [0.2, 0.25) is 0 Å². The van der Waals surface area contributed by atoms with Crippen molar-refractivity contribution in [3.8, 4) is 0 Å². The monoisotopic (exact) mass is 249 g/mol. The largest absolute Gasteiger partial charge is 0.384 e. The minimum atomic E-state index is 0.415. The molecule has 1 heterocycles. The molecule has 1 aliphatic rings. The number of hydrogen-bond acceptors (Lipinski definition) is 2. The van der Waals surface area contributed by atoms with Crippen LogP contribution >= 0.6 is 0 Å². The van der Waals surface area contributed by atoms with Gasteiger partial charge in [-0.2, -0.15) is 0 Å². The minimum Gasteiger partial charge on any atom is -0.384 e. The van der Waals surface area contributed by atoms with Crippen molar-refractivity contribution in [2.75, 3.05) is 5.73 Å². The van der Waals surface area contributed by atoms with Crippen LogP contribution in [-0.2, 0) is 6.54 Å². The summed E-state index contributed by atoms with van der Waals surface area (Å²) in [5.74, 6) is 3.82. The van der Waals surface area contributed by atoms with Crippen LogP contribution in [0.15, 0.2) is 0 Å². The average Bonchev–Trinajstić information content (AvgIpc) is 2.87. The van der Waals surface area contributed by atoms with E-state index in [0.717, 1.165) is 18.1 Å². The Balaban J connectivity index is 2.38. The molecule has 0 spiro atoms. The third-order valence-electron chi connectivity index (χ3n) is 3.88. The van der Waals surface area contributed by atoms with E-state index in [2.05, 4.69) is 32.3 Å². The SMILES string of the molecule is CC(C)Cn1c(C2CCCC2)nc(C(C)C)c1N. The standard InChI is InChI=1S/C15H27N3/c1-10(2)9-18-14(16)13(11(3)4)17-15(18)12-7-5-6-8-12/h10-12H,5-9,16H2,1-4H3. The Hall–Kier alpha value is -0.990. The van der Waals surface area contributed by atoms with Crippen molar-refractivity contribution < 1.29 is 0 Å². The first-order chi connectivity index (χ1) is 8.50. The van der Waals surface area contributed by atoms with Gasteiger partial charge in [0, 0.05) is 12.5 Å². The fourth-order valence-electron chi connectivity index (χ4n) is 2.98. The van der Waals surface area contributed by atoms with Gasteiger partial charge in [-0.05, 0) is 24.7 Å². The predicted molar refractivity (Wildman–Crippen MR) is 76.8 cm³/mol. The first-order valence-corrected chi connectivity index (χ1v) is 7.36. The molecule has 0 saturated heterocycles. The molecule has 0 aliphatic heterocycles. The molecule has 0 unspecified atom stereocenters. The van der Waals surface area contributed by atoms with Crippen LogP contribution in [0.2, 0.25) is 0 Å². The van der Waals surface area contributed by atoms with E-state index in [4.69, 9.17) is 10.7 Å². The lowest BCUT2D eigenvalue weighted by atomic mass is 10.1. The number of anilines is 1. The highest BCUT2D eigenvalue weighted by atomic mass is 15.1. The van der Waals surface area contributed by atoms with E-state index < -0.39 is 0 Å². The molecule has 0 aromatic carbocycles. The van der Waals surface area contributed by atoms with E-state index in [-0.39, 0.29) is 0 Å². The molecule has 3 nitrogen and oxygen atoms in total. The third-order valence-corrected chi connectivity index (χ3v) is 3.88. The summed E-state index contributed by atoms with van der Waals surface area (Å²) in [6, 6.07) is 0. The molecule has 0 atom stereocenters. The van der Waals surface area contributed by atoms with Crippen molar-refractivity contribution >= 4 is 5.82 Å². The van der Waals surface area contributed by atoms with E-state index in [1.54, 1.807) is 0 Å². The number of nitrogens with two attached hydrogens (primary N) is 1. The predicted octanol–water partition coefficient (Wildman–Crippen LogP) is 3.90. The van der Waals surface area contributed by atoms with Crippen LogP contribution in [0, 0.1) is 5.92 Å². The molecule has 0 bridgehead atoms. The topological polar surface area (TPSA) is 43.8 Å². The number of hydrogen-bond donors (Lipinski definition) is 1. The van der Waals surface area contributed by atoms with Gasteiger partial charge in [0.25, 0.3) is 0 Å². The third kappa shape index (κ3) is 2.55. The maximum Gasteiger partial charge on any atom is 0.127 e. The Morgan fingerprint density at radius 2 is 1.83 bits per heavy atom. The normalized spacial score (nSPS) is 17.2. The number of nitrogens with zero attached hydrogens (tertiary/aromatic N) is 2. The van der Waals surface area contributed by atoms with E-state index >= 15 is 0 Å². The summed E-state index contributed by atoms with van der Waals surface area (Å²) in [6.07, 6.45) is 5.25. The van der Waals surface area contributed by atoms with Crippen LogP contribution in [0.25, 0.3) is 0 Å². The van der Waals surface area contributed by atoms with Gasteiger partial charge in [-0.1, -0.05) is 40.5 Å². The van der Waals surface area contributed by atoms with Gasteiger partial charge in [-0.15, -0.1) is 0 Å². The highest BCUT2D eigenvalue weighted by molar-refractivity contribution is 5.41. The first kappa shape index (κ1) is 13.4. The number of nitrogen functional groups attached to an aromatic ring is 1. The van der Waals surface area contributed by atoms with Crippen LogP contribution in [0.4, 0.5) is 5.82 Å². The Kier molecular flexibility index (Phi) is 3.98. The molecule has 18 heavy (non-hydrogen) atoms. The van der Waals surface area contributed by atoms with Crippen molar-refractivity contribution in [2.24, 2.45) is 5.92 Å². The van der Waals surface area contributed by atoms with E-state index in [9.17, 15) is 0 Å². The van der Waals surface area contributed by atoms with Crippen LogP contribution in [0.5, 0.6) is 0 Å². The van der Waals surface area contributed by atoms with Crippen LogP contribution in [-0.4, -0.2) is 9.55 Å². The molecule has 1 aliphatic carbocycles. The zero-order valence-electron chi connectivity index (χ0n) is 12.2.